The second-order valence-electron chi connectivity index (χ2n) is 7.62. The number of rotatable bonds is 3. The molecule has 2 heterocycles. The van der Waals surface area contributed by atoms with Crippen molar-refractivity contribution in [3.05, 3.63) is 64.7 Å². The summed E-state index contributed by atoms with van der Waals surface area (Å²) in [5.74, 6) is -0.345. The van der Waals surface area contributed by atoms with E-state index in [0.717, 1.165) is 42.6 Å². The Labute approximate surface area is 159 Å². The van der Waals surface area contributed by atoms with Crippen molar-refractivity contribution in [1.29, 1.82) is 5.26 Å². The van der Waals surface area contributed by atoms with Crippen LogP contribution in [-0.2, 0) is 5.54 Å². The zero-order valence-corrected chi connectivity index (χ0v) is 15.4. The minimum absolute atomic E-state index is 0.310. The van der Waals surface area contributed by atoms with Crippen molar-refractivity contribution in [1.82, 2.24) is 15.6 Å². The summed E-state index contributed by atoms with van der Waals surface area (Å²) in [4.78, 5) is 4.33. The number of halogens is 1. The lowest BCUT2D eigenvalue weighted by molar-refractivity contribution is 0.274. The van der Waals surface area contributed by atoms with Crippen molar-refractivity contribution in [2.45, 2.75) is 37.8 Å². The molecule has 1 aromatic heterocycles. The van der Waals surface area contributed by atoms with E-state index in [-0.39, 0.29) is 11.4 Å². The van der Waals surface area contributed by atoms with E-state index in [0.29, 0.717) is 23.6 Å². The van der Waals surface area contributed by atoms with E-state index >= 15 is 0 Å². The molecule has 2 aromatic rings. The maximum absolute atomic E-state index is 14.7. The minimum Gasteiger partial charge on any atom is -0.317 e. The zero-order valence-electron chi connectivity index (χ0n) is 15.4. The first-order valence-corrected chi connectivity index (χ1v) is 9.42. The van der Waals surface area contributed by atoms with E-state index in [2.05, 4.69) is 22.5 Å². The summed E-state index contributed by atoms with van der Waals surface area (Å²) in [6, 6.07) is 9.12. The molecule has 138 valence electrons. The number of nitrogens with zero attached hydrogens (tertiary/aromatic N) is 2. The van der Waals surface area contributed by atoms with Crippen LogP contribution in [0.3, 0.4) is 0 Å². The van der Waals surface area contributed by atoms with Gasteiger partial charge in [0.2, 0.25) is 0 Å². The Hall–Kier alpha value is -2.55. The van der Waals surface area contributed by atoms with E-state index in [1.54, 1.807) is 18.3 Å². The number of aromatic nitrogens is 1. The number of hydrogen-bond acceptors (Lipinski definition) is 4. The van der Waals surface area contributed by atoms with Gasteiger partial charge in [-0.1, -0.05) is 12.1 Å². The first-order valence-electron chi connectivity index (χ1n) is 9.42. The van der Waals surface area contributed by atoms with Gasteiger partial charge in [-0.25, -0.2) is 4.39 Å². The molecular formula is C22H23FN4. The van der Waals surface area contributed by atoms with Crippen molar-refractivity contribution in [3.63, 3.8) is 0 Å². The van der Waals surface area contributed by atoms with Crippen LogP contribution < -0.4 is 10.6 Å². The van der Waals surface area contributed by atoms with Gasteiger partial charge in [0.05, 0.1) is 11.6 Å². The van der Waals surface area contributed by atoms with Gasteiger partial charge in [0, 0.05) is 29.5 Å². The van der Waals surface area contributed by atoms with Crippen LogP contribution in [0.25, 0.3) is 11.6 Å². The molecule has 1 aliphatic carbocycles. The Balaban J connectivity index is 1.73. The molecule has 1 saturated heterocycles. The van der Waals surface area contributed by atoms with Gasteiger partial charge in [0.25, 0.3) is 0 Å². The molecule has 1 aliphatic heterocycles. The number of piperidine rings is 1. The second-order valence-corrected chi connectivity index (χ2v) is 7.62. The highest BCUT2D eigenvalue weighted by Gasteiger charge is 2.36. The Bertz CT molecular complexity index is 924. The fraction of sp³-hybridized carbons (Fsp3) is 0.364. The van der Waals surface area contributed by atoms with Crippen molar-refractivity contribution in [2.24, 2.45) is 0 Å². The predicted molar refractivity (Wildman–Crippen MR) is 104 cm³/mol. The summed E-state index contributed by atoms with van der Waals surface area (Å²) in [7, 11) is 0. The molecule has 4 nitrogen and oxygen atoms in total. The van der Waals surface area contributed by atoms with Gasteiger partial charge in [0.15, 0.2) is 0 Å². The third-order valence-corrected chi connectivity index (χ3v) is 5.63. The highest BCUT2D eigenvalue weighted by atomic mass is 19.1. The van der Waals surface area contributed by atoms with Gasteiger partial charge in [-0.05, 0) is 74.2 Å². The highest BCUT2D eigenvalue weighted by molar-refractivity contribution is 5.86. The van der Waals surface area contributed by atoms with Crippen LogP contribution in [0.15, 0.2) is 36.7 Å². The molecule has 0 saturated carbocycles. The van der Waals surface area contributed by atoms with E-state index in [4.69, 9.17) is 5.26 Å². The average molecular weight is 362 g/mol. The summed E-state index contributed by atoms with van der Waals surface area (Å²) < 4.78 is 14.7. The molecule has 1 atom stereocenters. The third kappa shape index (κ3) is 3.51. The smallest absolute Gasteiger partial charge is 0.132 e. The zero-order chi connectivity index (χ0) is 18.9. The molecule has 1 aromatic carbocycles. The second kappa shape index (κ2) is 7.22. The van der Waals surface area contributed by atoms with E-state index < -0.39 is 0 Å². The Morgan fingerprint density at radius 1 is 1.30 bits per heavy atom. The molecule has 2 aliphatic rings. The van der Waals surface area contributed by atoms with Crippen LogP contribution in [-0.4, -0.2) is 24.1 Å². The Morgan fingerprint density at radius 3 is 2.85 bits per heavy atom. The van der Waals surface area contributed by atoms with Crippen LogP contribution in [0.2, 0.25) is 0 Å². The summed E-state index contributed by atoms with van der Waals surface area (Å²) >= 11 is 0. The monoisotopic (exact) mass is 362 g/mol. The maximum Gasteiger partial charge on any atom is 0.132 e. The number of nitrogens with one attached hydrogen (secondary N) is 2. The molecule has 0 radical (unpaired) electrons. The van der Waals surface area contributed by atoms with Crippen molar-refractivity contribution < 1.29 is 4.39 Å². The van der Waals surface area contributed by atoms with E-state index in [1.807, 2.05) is 24.4 Å². The Kier molecular flexibility index (Phi) is 4.77. The predicted octanol–water partition coefficient (Wildman–Crippen LogP) is 3.59. The van der Waals surface area contributed by atoms with Crippen molar-refractivity contribution >= 4 is 11.6 Å². The summed E-state index contributed by atoms with van der Waals surface area (Å²) in [6.07, 6.45) is 8.58. The van der Waals surface area contributed by atoms with Gasteiger partial charge in [-0.2, -0.15) is 5.26 Å². The van der Waals surface area contributed by atoms with Gasteiger partial charge >= 0.3 is 0 Å². The molecule has 0 bridgehead atoms. The number of fused-ring (bicyclic) bond motifs is 1. The Morgan fingerprint density at radius 2 is 2.11 bits per heavy atom. The maximum atomic E-state index is 14.7. The van der Waals surface area contributed by atoms with Crippen LogP contribution in [0.1, 0.15) is 48.4 Å². The standard InChI is InChI=1S/C22H23FN4/c1-22(27-18-5-8-25-9-6-18)12-17(11-16-4-7-26-14-20(16)22)19-3-2-15(13-24)10-21(19)23/h2-4,7,10-11,14,18,25,27H,5-6,8-9,12H2,1H3. The molecule has 1 unspecified atom stereocenters. The SMILES string of the molecule is CC1(NC2CCNCC2)CC(c2ccc(C#N)cc2F)=Cc2ccncc21. The summed E-state index contributed by atoms with van der Waals surface area (Å²) in [5, 5.41) is 16.2. The van der Waals surface area contributed by atoms with Crippen molar-refractivity contribution in [2.75, 3.05) is 13.1 Å². The normalized spacial score (nSPS) is 22.6. The summed E-state index contributed by atoms with van der Waals surface area (Å²) in [5.41, 5.74) is 3.76. The molecule has 1 fully saturated rings. The highest BCUT2D eigenvalue weighted by Crippen LogP contribution is 2.41. The van der Waals surface area contributed by atoms with E-state index in [1.165, 1.54) is 6.07 Å². The quantitative estimate of drug-likeness (QED) is 0.876. The van der Waals surface area contributed by atoms with Crippen LogP contribution >= 0.6 is 0 Å². The first kappa shape index (κ1) is 17.8. The van der Waals surface area contributed by atoms with Crippen molar-refractivity contribution in [3.8, 4) is 6.07 Å². The molecule has 0 spiro atoms. The first-order chi connectivity index (χ1) is 13.1. The largest absolute Gasteiger partial charge is 0.317 e. The number of nitriles is 1. The van der Waals surface area contributed by atoms with Gasteiger partial charge in [-0.3, -0.25) is 4.98 Å². The van der Waals surface area contributed by atoms with Gasteiger partial charge in [0.1, 0.15) is 5.82 Å². The number of pyridine rings is 1. The third-order valence-electron chi connectivity index (χ3n) is 5.63. The molecule has 4 rings (SSSR count). The van der Waals surface area contributed by atoms with Crippen LogP contribution in [0.4, 0.5) is 4.39 Å². The fourth-order valence-electron chi connectivity index (χ4n) is 4.27. The minimum atomic E-state index is -0.345. The lowest BCUT2D eigenvalue weighted by atomic mass is 9.76. The fourth-order valence-corrected chi connectivity index (χ4v) is 4.27. The summed E-state index contributed by atoms with van der Waals surface area (Å²) in [6.45, 7) is 4.21. The van der Waals surface area contributed by atoms with E-state index in [9.17, 15) is 4.39 Å². The van der Waals surface area contributed by atoms with Gasteiger partial charge < -0.3 is 10.6 Å². The topological polar surface area (TPSA) is 60.7 Å². The molecule has 0 amide bonds. The average Bonchev–Trinajstić information content (AvgIpc) is 2.68. The van der Waals surface area contributed by atoms with Crippen LogP contribution in [0.5, 0.6) is 0 Å². The van der Waals surface area contributed by atoms with Gasteiger partial charge in [-0.15, -0.1) is 0 Å². The molecule has 5 heteroatoms. The molecule has 2 N–H and O–H groups in total. The molecule has 27 heavy (non-hydrogen) atoms. The number of benzene rings is 1. The number of hydrogen-bond donors (Lipinski definition) is 2. The van der Waals surface area contributed by atoms with Crippen LogP contribution in [0, 0.1) is 17.1 Å². The lowest BCUT2D eigenvalue weighted by Gasteiger charge is -2.41. The lowest BCUT2D eigenvalue weighted by Crippen LogP contribution is -2.50. The molecular weight excluding hydrogens is 339 g/mol.